The van der Waals surface area contributed by atoms with Crippen LogP contribution in [-0.2, 0) is 13.0 Å². The minimum atomic E-state index is 0.232. The van der Waals surface area contributed by atoms with Crippen molar-refractivity contribution in [3.05, 3.63) is 107 Å². The van der Waals surface area contributed by atoms with Crippen molar-refractivity contribution in [2.45, 2.75) is 39.7 Å². The van der Waals surface area contributed by atoms with Crippen molar-refractivity contribution >= 4 is 17.1 Å². The summed E-state index contributed by atoms with van der Waals surface area (Å²) in [6.45, 7) is 7.60. The fraction of sp³-hybridized carbons (Fsp3) is 0.250. The standard InChI is InChI=1S/C28H30N2/c1-21(2)20-24-15-17-25(18-16-24)22(3)28-29-26-13-7-8-14-27(26)30(28)19-9-12-23-10-5-4-6-11-23/h4-18,21-22H,19-20H2,1-3H3/b12-9-/t22-/m1/s1. The van der Waals surface area contributed by atoms with Gasteiger partial charge in [-0.2, -0.15) is 0 Å². The van der Waals surface area contributed by atoms with Gasteiger partial charge in [0.15, 0.2) is 0 Å². The maximum atomic E-state index is 5.01. The zero-order valence-electron chi connectivity index (χ0n) is 18.1. The number of rotatable bonds is 7. The van der Waals surface area contributed by atoms with Crippen LogP contribution in [-0.4, -0.2) is 9.55 Å². The van der Waals surface area contributed by atoms with Gasteiger partial charge in [-0.3, -0.25) is 0 Å². The predicted octanol–water partition coefficient (Wildman–Crippen LogP) is 7.10. The van der Waals surface area contributed by atoms with Gasteiger partial charge in [0, 0.05) is 12.5 Å². The zero-order chi connectivity index (χ0) is 20.9. The highest BCUT2D eigenvalue weighted by molar-refractivity contribution is 5.76. The molecule has 0 radical (unpaired) electrons. The average molecular weight is 395 g/mol. The van der Waals surface area contributed by atoms with Gasteiger partial charge in [-0.15, -0.1) is 0 Å². The van der Waals surface area contributed by atoms with E-state index < -0.39 is 0 Å². The quantitative estimate of drug-likeness (QED) is 0.327. The van der Waals surface area contributed by atoms with Crippen molar-refractivity contribution in [1.82, 2.24) is 9.55 Å². The summed E-state index contributed by atoms with van der Waals surface area (Å²) in [5.41, 5.74) is 6.18. The van der Waals surface area contributed by atoms with E-state index in [0.717, 1.165) is 24.3 Å². The molecule has 4 rings (SSSR count). The van der Waals surface area contributed by atoms with Crippen LogP contribution in [0.3, 0.4) is 0 Å². The first-order valence-corrected chi connectivity index (χ1v) is 10.9. The molecule has 2 nitrogen and oxygen atoms in total. The molecule has 0 amide bonds. The Morgan fingerprint density at radius 1 is 0.833 bits per heavy atom. The van der Waals surface area contributed by atoms with Gasteiger partial charge in [-0.05, 0) is 41.2 Å². The molecule has 1 aromatic heterocycles. The number of nitrogens with zero attached hydrogens (tertiary/aromatic N) is 2. The average Bonchev–Trinajstić information content (AvgIpc) is 3.13. The molecular formula is C28H30N2. The molecule has 1 atom stereocenters. The van der Waals surface area contributed by atoms with Gasteiger partial charge in [0.2, 0.25) is 0 Å². The monoisotopic (exact) mass is 394 g/mol. The van der Waals surface area contributed by atoms with E-state index >= 15 is 0 Å². The normalized spacial score (nSPS) is 12.8. The fourth-order valence-electron chi connectivity index (χ4n) is 4.04. The number of allylic oxidation sites excluding steroid dienone is 1. The van der Waals surface area contributed by atoms with Gasteiger partial charge in [-0.1, -0.05) is 99.7 Å². The SMILES string of the molecule is CC(C)Cc1ccc([C@@H](C)c2nc3ccccc3n2C/C=C\c2ccccc2)cc1. The molecule has 3 aromatic carbocycles. The molecule has 0 fully saturated rings. The Morgan fingerprint density at radius 2 is 1.53 bits per heavy atom. The zero-order valence-corrected chi connectivity index (χ0v) is 18.1. The molecule has 0 spiro atoms. The summed E-state index contributed by atoms with van der Waals surface area (Å²) in [5.74, 6) is 2.02. The summed E-state index contributed by atoms with van der Waals surface area (Å²) in [7, 11) is 0. The molecule has 0 N–H and O–H groups in total. The second kappa shape index (κ2) is 9.13. The van der Waals surface area contributed by atoms with E-state index in [0.29, 0.717) is 5.92 Å². The molecule has 0 bridgehead atoms. The summed E-state index contributed by atoms with van der Waals surface area (Å²) in [6.07, 6.45) is 5.53. The molecule has 0 aliphatic carbocycles. The Kier molecular flexibility index (Phi) is 6.13. The second-order valence-electron chi connectivity index (χ2n) is 8.44. The summed E-state index contributed by atoms with van der Waals surface area (Å²) < 4.78 is 2.35. The minimum absolute atomic E-state index is 0.232. The van der Waals surface area contributed by atoms with Crippen LogP contribution >= 0.6 is 0 Å². The van der Waals surface area contributed by atoms with E-state index in [2.05, 4.69) is 110 Å². The van der Waals surface area contributed by atoms with E-state index in [4.69, 9.17) is 4.98 Å². The van der Waals surface area contributed by atoms with E-state index in [-0.39, 0.29) is 5.92 Å². The first-order valence-electron chi connectivity index (χ1n) is 10.9. The van der Waals surface area contributed by atoms with E-state index in [1.165, 1.54) is 22.2 Å². The van der Waals surface area contributed by atoms with Crippen LogP contribution in [0.5, 0.6) is 0 Å². The van der Waals surface area contributed by atoms with Crippen LogP contribution in [0.25, 0.3) is 17.1 Å². The van der Waals surface area contributed by atoms with Crippen LogP contribution in [0.1, 0.15) is 49.2 Å². The number of fused-ring (bicyclic) bond motifs is 1. The smallest absolute Gasteiger partial charge is 0.117 e. The van der Waals surface area contributed by atoms with E-state index in [1.54, 1.807) is 0 Å². The Balaban J connectivity index is 1.64. The lowest BCUT2D eigenvalue weighted by atomic mass is 9.96. The topological polar surface area (TPSA) is 17.8 Å². The highest BCUT2D eigenvalue weighted by Gasteiger charge is 2.17. The van der Waals surface area contributed by atoms with Crippen molar-refractivity contribution in [3.8, 4) is 0 Å². The van der Waals surface area contributed by atoms with Gasteiger partial charge >= 0.3 is 0 Å². The van der Waals surface area contributed by atoms with Gasteiger partial charge in [0.25, 0.3) is 0 Å². The lowest BCUT2D eigenvalue weighted by Crippen LogP contribution is -2.08. The number of para-hydroxylation sites is 2. The van der Waals surface area contributed by atoms with Crippen molar-refractivity contribution in [2.75, 3.05) is 0 Å². The van der Waals surface area contributed by atoms with Gasteiger partial charge in [0.05, 0.1) is 11.0 Å². The number of benzene rings is 3. The van der Waals surface area contributed by atoms with Gasteiger partial charge in [0.1, 0.15) is 5.82 Å². The van der Waals surface area contributed by atoms with Crippen LogP contribution in [0, 0.1) is 5.92 Å². The maximum Gasteiger partial charge on any atom is 0.117 e. The second-order valence-corrected chi connectivity index (χ2v) is 8.44. The summed E-state index contributed by atoms with van der Waals surface area (Å²) in [4.78, 5) is 5.01. The largest absolute Gasteiger partial charge is 0.324 e. The number of hydrogen-bond acceptors (Lipinski definition) is 1. The molecule has 4 aromatic rings. The van der Waals surface area contributed by atoms with Crippen molar-refractivity contribution in [3.63, 3.8) is 0 Å². The highest BCUT2D eigenvalue weighted by Crippen LogP contribution is 2.28. The number of imidazole rings is 1. The van der Waals surface area contributed by atoms with Crippen LogP contribution in [0.15, 0.2) is 84.9 Å². The molecule has 0 saturated carbocycles. The van der Waals surface area contributed by atoms with E-state index in [1.807, 2.05) is 6.07 Å². The van der Waals surface area contributed by atoms with E-state index in [9.17, 15) is 0 Å². The van der Waals surface area contributed by atoms with Crippen LogP contribution in [0.2, 0.25) is 0 Å². The molecule has 2 heteroatoms. The minimum Gasteiger partial charge on any atom is -0.324 e. The Hall–Kier alpha value is -3.13. The van der Waals surface area contributed by atoms with Gasteiger partial charge < -0.3 is 4.57 Å². The third-order valence-electron chi connectivity index (χ3n) is 5.59. The molecule has 30 heavy (non-hydrogen) atoms. The fourth-order valence-corrected chi connectivity index (χ4v) is 4.04. The molecule has 152 valence electrons. The highest BCUT2D eigenvalue weighted by atomic mass is 15.1. The number of hydrogen-bond donors (Lipinski definition) is 0. The van der Waals surface area contributed by atoms with Crippen LogP contribution in [0.4, 0.5) is 0 Å². The molecule has 0 aliphatic heterocycles. The third kappa shape index (κ3) is 4.54. The maximum absolute atomic E-state index is 5.01. The summed E-state index contributed by atoms with van der Waals surface area (Å²) in [5, 5.41) is 0. The Bertz CT molecular complexity index is 1120. The predicted molar refractivity (Wildman–Crippen MR) is 128 cm³/mol. The van der Waals surface area contributed by atoms with Crippen molar-refractivity contribution < 1.29 is 0 Å². The van der Waals surface area contributed by atoms with Crippen LogP contribution < -0.4 is 0 Å². The Labute approximate surface area is 179 Å². The first-order chi connectivity index (χ1) is 14.6. The third-order valence-corrected chi connectivity index (χ3v) is 5.59. The lowest BCUT2D eigenvalue weighted by molar-refractivity contribution is 0.646. The molecule has 0 unspecified atom stereocenters. The van der Waals surface area contributed by atoms with Crippen molar-refractivity contribution in [2.24, 2.45) is 5.92 Å². The van der Waals surface area contributed by atoms with Crippen molar-refractivity contribution in [1.29, 1.82) is 0 Å². The molecule has 1 heterocycles. The molecular weight excluding hydrogens is 364 g/mol. The first kappa shape index (κ1) is 20.2. The summed E-state index contributed by atoms with van der Waals surface area (Å²) >= 11 is 0. The molecule has 0 aliphatic rings. The Morgan fingerprint density at radius 3 is 2.27 bits per heavy atom. The van der Waals surface area contributed by atoms with Gasteiger partial charge in [-0.25, -0.2) is 4.98 Å². The molecule has 0 saturated heterocycles. The summed E-state index contributed by atoms with van der Waals surface area (Å²) in [6, 6.07) is 28.0. The lowest BCUT2D eigenvalue weighted by Gasteiger charge is -2.15. The number of aromatic nitrogens is 2.